The van der Waals surface area contributed by atoms with Crippen molar-refractivity contribution in [3.8, 4) is 5.88 Å². The van der Waals surface area contributed by atoms with Gasteiger partial charge in [0.05, 0.1) is 11.5 Å². The standard InChI is InChI=1S/C21H25N5O5S/c1-3-25-19-18(20(27)26(4-2)21(25)28)23-16(24-19)7-5-14-6-8-17(22-13-14)31-15-9-11-32(29,30)12-10-15/h5-8,13,15H,3-4,9-12H2,1-2H3,(H,23,24)/b7-5+. The number of hydrogen-bond donors (Lipinski definition) is 1. The second-order valence-electron chi connectivity index (χ2n) is 7.63. The molecule has 0 unspecified atom stereocenters. The molecule has 32 heavy (non-hydrogen) atoms. The monoisotopic (exact) mass is 459 g/mol. The zero-order chi connectivity index (χ0) is 22.9. The molecule has 0 saturated carbocycles. The van der Waals surface area contributed by atoms with E-state index in [1.165, 1.54) is 9.13 Å². The van der Waals surface area contributed by atoms with Gasteiger partial charge in [0.1, 0.15) is 17.4 Å². The van der Waals surface area contributed by atoms with Crippen LogP contribution in [0.25, 0.3) is 23.3 Å². The Balaban J connectivity index is 1.51. The Morgan fingerprint density at radius 3 is 2.47 bits per heavy atom. The van der Waals surface area contributed by atoms with E-state index in [-0.39, 0.29) is 35.4 Å². The first-order valence-electron chi connectivity index (χ1n) is 10.6. The summed E-state index contributed by atoms with van der Waals surface area (Å²) in [7, 11) is -2.93. The highest BCUT2D eigenvalue weighted by atomic mass is 32.2. The van der Waals surface area contributed by atoms with Gasteiger partial charge in [-0.1, -0.05) is 0 Å². The van der Waals surface area contributed by atoms with Gasteiger partial charge in [-0.3, -0.25) is 13.9 Å². The van der Waals surface area contributed by atoms with Gasteiger partial charge >= 0.3 is 5.69 Å². The number of imidazole rings is 1. The minimum absolute atomic E-state index is 0.144. The molecule has 0 spiro atoms. The maximum Gasteiger partial charge on any atom is 0.332 e. The van der Waals surface area contributed by atoms with Gasteiger partial charge in [0, 0.05) is 25.4 Å². The lowest BCUT2D eigenvalue weighted by Crippen LogP contribution is -2.39. The van der Waals surface area contributed by atoms with Crippen molar-refractivity contribution in [3.05, 3.63) is 50.6 Å². The molecule has 1 aliphatic heterocycles. The Kier molecular flexibility index (Phi) is 6.00. The topological polar surface area (TPSA) is 129 Å². The van der Waals surface area contributed by atoms with E-state index < -0.39 is 9.84 Å². The molecule has 10 nitrogen and oxygen atoms in total. The summed E-state index contributed by atoms with van der Waals surface area (Å²) in [5.41, 5.74) is 0.670. The molecule has 3 aromatic heterocycles. The fraction of sp³-hybridized carbons (Fsp3) is 0.429. The van der Waals surface area contributed by atoms with Crippen molar-refractivity contribution in [2.45, 2.75) is 45.9 Å². The molecule has 0 bridgehead atoms. The van der Waals surface area contributed by atoms with E-state index in [9.17, 15) is 18.0 Å². The van der Waals surface area contributed by atoms with Crippen LogP contribution in [0.2, 0.25) is 0 Å². The van der Waals surface area contributed by atoms with Crippen LogP contribution in [0, 0.1) is 0 Å². The van der Waals surface area contributed by atoms with Crippen molar-refractivity contribution in [2.75, 3.05) is 11.5 Å². The number of fused-ring (bicyclic) bond motifs is 1. The van der Waals surface area contributed by atoms with E-state index in [4.69, 9.17) is 4.74 Å². The molecule has 1 aliphatic rings. The fourth-order valence-corrected chi connectivity index (χ4v) is 5.17. The third kappa shape index (κ3) is 4.38. The third-order valence-electron chi connectivity index (χ3n) is 5.49. The maximum absolute atomic E-state index is 12.6. The van der Waals surface area contributed by atoms with E-state index in [2.05, 4.69) is 15.0 Å². The van der Waals surface area contributed by atoms with Crippen molar-refractivity contribution < 1.29 is 13.2 Å². The summed E-state index contributed by atoms with van der Waals surface area (Å²) < 4.78 is 31.5. The number of nitrogens with one attached hydrogen (secondary N) is 1. The first-order chi connectivity index (χ1) is 15.3. The molecule has 3 aromatic rings. The zero-order valence-corrected chi connectivity index (χ0v) is 18.8. The summed E-state index contributed by atoms with van der Waals surface area (Å²) in [6.07, 6.45) is 5.94. The van der Waals surface area contributed by atoms with Crippen LogP contribution in [0.3, 0.4) is 0 Å². The van der Waals surface area contributed by atoms with Gasteiger partial charge in [0.15, 0.2) is 15.5 Å². The van der Waals surface area contributed by atoms with E-state index in [1.54, 1.807) is 31.3 Å². The summed E-state index contributed by atoms with van der Waals surface area (Å²) in [5.74, 6) is 1.19. The molecule has 0 amide bonds. The van der Waals surface area contributed by atoms with Crippen molar-refractivity contribution in [1.29, 1.82) is 0 Å². The van der Waals surface area contributed by atoms with Gasteiger partial charge in [0.25, 0.3) is 5.56 Å². The van der Waals surface area contributed by atoms with Crippen molar-refractivity contribution in [2.24, 2.45) is 0 Å². The van der Waals surface area contributed by atoms with Crippen LogP contribution >= 0.6 is 0 Å². The number of ether oxygens (including phenoxy) is 1. The van der Waals surface area contributed by atoms with Crippen molar-refractivity contribution >= 4 is 33.2 Å². The first-order valence-corrected chi connectivity index (χ1v) is 12.4. The molecule has 4 heterocycles. The summed E-state index contributed by atoms with van der Waals surface area (Å²) in [6, 6.07) is 3.56. The number of pyridine rings is 1. The molecule has 0 atom stereocenters. The average molecular weight is 460 g/mol. The quantitative estimate of drug-likeness (QED) is 0.591. The van der Waals surface area contributed by atoms with Crippen molar-refractivity contribution in [1.82, 2.24) is 24.1 Å². The molecule has 1 saturated heterocycles. The minimum Gasteiger partial charge on any atom is -0.474 e. The van der Waals surface area contributed by atoms with Crippen LogP contribution in [0.5, 0.6) is 5.88 Å². The highest BCUT2D eigenvalue weighted by Gasteiger charge is 2.25. The number of rotatable bonds is 6. The van der Waals surface area contributed by atoms with Gasteiger partial charge in [0.2, 0.25) is 5.88 Å². The van der Waals surface area contributed by atoms with Crippen LogP contribution in [0.4, 0.5) is 0 Å². The van der Waals surface area contributed by atoms with Crippen LogP contribution in [-0.2, 0) is 22.9 Å². The Hall–Kier alpha value is -3.21. The second kappa shape index (κ2) is 8.73. The average Bonchev–Trinajstić information content (AvgIpc) is 3.20. The zero-order valence-electron chi connectivity index (χ0n) is 17.9. The lowest BCUT2D eigenvalue weighted by atomic mass is 10.2. The van der Waals surface area contributed by atoms with E-state index >= 15 is 0 Å². The summed E-state index contributed by atoms with van der Waals surface area (Å²) in [4.78, 5) is 36.7. The predicted molar refractivity (Wildman–Crippen MR) is 121 cm³/mol. The third-order valence-corrected chi connectivity index (χ3v) is 7.21. The fourth-order valence-electron chi connectivity index (χ4n) is 3.72. The Morgan fingerprint density at radius 2 is 1.84 bits per heavy atom. The van der Waals surface area contributed by atoms with E-state index in [0.717, 1.165) is 5.56 Å². The smallest absolute Gasteiger partial charge is 0.332 e. The highest BCUT2D eigenvalue weighted by molar-refractivity contribution is 7.91. The van der Waals surface area contributed by atoms with Crippen LogP contribution < -0.4 is 16.0 Å². The largest absolute Gasteiger partial charge is 0.474 e. The van der Waals surface area contributed by atoms with E-state index in [0.29, 0.717) is 42.3 Å². The molecule has 0 radical (unpaired) electrons. The molecule has 170 valence electrons. The molecule has 1 N–H and O–H groups in total. The lowest BCUT2D eigenvalue weighted by molar-refractivity contribution is 0.182. The first kappa shape index (κ1) is 22.0. The molecule has 4 rings (SSSR count). The molecule has 0 aromatic carbocycles. The molecule has 11 heteroatoms. The van der Waals surface area contributed by atoms with Gasteiger partial charge in [-0.2, -0.15) is 0 Å². The van der Waals surface area contributed by atoms with Crippen molar-refractivity contribution in [3.63, 3.8) is 0 Å². The van der Waals surface area contributed by atoms with Crippen LogP contribution in [-0.4, -0.2) is 50.1 Å². The number of sulfone groups is 1. The summed E-state index contributed by atoms with van der Waals surface area (Å²) in [6.45, 7) is 4.27. The minimum atomic E-state index is -2.93. The van der Waals surface area contributed by atoms with Crippen LogP contribution in [0.1, 0.15) is 38.1 Å². The Labute approximate surface area is 184 Å². The highest BCUT2D eigenvalue weighted by Crippen LogP contribution is 2.19. The Bertz CT molecular complexity index is 1370. The predicted octanol–water partition coefficient (Wildman–Crippen LogP) is 1.45. The van der Waals surface area contributed by atoms with Gasteiger partial charge < -0.3 is 9.72 Å². The van der Waals surface area contributed by atoms with Gasteiger partial charge in [-0.15, -0.1) is 0 Å². The molecular formula is C21H25N5O5S. The number of aryl methyl sites for hydroxylation is 1. The molecule has 0 aliphatic carbocycles. The number of aromatic nitrogens is 5. The number of nitrogens with zero attached hydrogens (tertiary/aromatic N) is 4. The van der Waals surface area contributed by atoms with Gasteiger partial charge in [-0.25, -0.2) is 23.2 Å². The Morgan fingerprint density at radius 1 is 1.12 bits per heavy atom. The normalized spacial score (nSPS) is 16.7. The lowest BCUT2D eigenvalue weighted by Gasteiger charge is -2.22. The summed E-state index contributed by atoms with van der Waals surface area (Å²) >= 11 is 0. The number of aromatic amines is 1. The van der Waals surface area contributed by atoms with Crippen LogP contribution in [0.15, 0.2) is 27.9 Å². The number of H-pyrrole nitrogens is 1. The molecular weight excluding hydrogens is 434 g/mol. The maximum atomic E-state index is 12.6. The van der Waals surface area contributed by atoms with E-state index in [1.807, 2.05) is 13.0 Å². The second-order valence-corrected chi connectivity index (χ2v) is 9.93. The summed E-state index contributed by atoms with van der Waals surface area (Å²) in [5, 5.41) is 0. The number of hydrogen-bond acceptors (Lipinski definition) is 7. The molecule has 1 fully saturated rings. The van der Waals surface area contributed by atoms with Gasteiger partial charge in [-0.05, 0) is 50.5 Å². The SMILES string of the molecule is CCn1c(=O)c2[nH]c(/C=C/c3ccc(OC4CCS(=O)(=O)CC4)nc3)nc2n(CC)c1=O.